The van der Waals surface area contributed by atoms with Crippen molar-refractivity contribution in [3.05, 3.63) is 158 Å². The Morgan fingerprint density at radius 2 is 0.800 bits per heavy atom. The summed E-state index contributed by atoms with van der Waals surface area (Å²) >= 11 is 0. The molecule has 7 aromatic rings. The lowest BCUT2D eigenvalue weighted by Crippen LogP contribution is -2.01. The minimum atomic E-state index is 0.881. The minimum absolute atomic E-state index is 0.881. The Balaban J connectivity index is 0.000000109. The normalized spacial score (nSPS) is 10.9. The van der Waals surface area contributed by atoms with Crippen molar-refractivity contribution >= 4 is 44.6 Å². The number of para-hydroxylation sites is 8. The summed E-state index contributed by atoms with van der Waals surface area (Å²) < 4.78 is 5.71. The molecule has 0 amide bonds. The summed E-state index contributed by atoms with van der Waals surface area (Å²) in [5.74, 6) is 1.76. The Kier molecular flexibility index (Phi) is 7.40. The molecule has 40 heavy (non-hydrogen) atoms. The lowest BCUT2D eigenvalue weighted by Gasteiger charge is -2.20. The van der Waals surface area contributed by atoms with Gasteiger partial charge in [0.25, 0.3) is 0 Å². The zero-order chi connectivity index (χ0) is 27.0. The Bertz CT molecular complexity index is 1650. The topological polar surface area (TPSA) is 49.1 Å². The van der Waals surface area contributed by atoms with Gasteiger partial charge in [0.15, 0.2) is 11.5 Å². The molecule has 0 fully saturated rings. The number of aromatic nitrogens is 1. The zero-order valence-electron chi connectivity index (χ0n) is 21.9. The largest absolute Gasteiger partial charge is 0.453 e. The van der Waals surface area contributed by atoms with Crippen molar-refractivity contribution < 1.29 is 4.74 Å². The molecule has 0 spiro atoms. The number of hydrogen-bond donors (Lipinski definition) is 3. The molecule has 0 saturated carbocycles. The molecule has 6 aromatic carbocycles. The second kappa shape index (κ2) is 11.9. The van der Waals surface area contributed by atoms with E-state index in [1.54, 1.807) is 0 Å². The van der Waals surface area contributed by atoms with Crippen LogP contribution in [0.3, 0.4) is 0 Å². The van der Waals surface area contributed by atoms with E-state index in [0.717, 1.165) is 34.2 Å². The van der Waals surface area contributed by atoms with E-state index in [1.807, 2.05) is 109 Å². The highest BCUT2D eigenvalue weighted by molar-refractivity contribution is 6.06. The van der Waals surface area contributed by atoms with Crippen molar-refractivity contribution in [1.82, 2.24) is 4.98 Å². The van der Waals surface area contributed by atoms with E-state index in [-0.39, 0.29) is 0 Å². The fourth-order valence-corrected chi connectivity index (χ4v) is 4.59. The SMILES string of the molecule is c1ccc(Nc2ccccc2)cc1.c1ccc2c(c1)Nc1ccccc1O2.c1ccc2c(c1)[nH]c1ccccc12. The number of rotatable bonds is 2. The second-order valence-electron chi connectivity index (χ2n) is 9.29. The molecule has 1 aromatic heterocycles. The van der Waals surface area contributed by atoms with Gasteiger partial charge in [0.2, 0.25) is 0 Å². The molecule has 0 atom stereocenters. The van der Waals surface area contributed by atoms with Crippen LogP contribution in [0.1, 0.15) is 0 Å². The number of H-pyrrole nitrogens is 1. The van der Waals surface area contributed by atoms with Crippen molar-refractivity contribution in [1.29, 1.82) is 0 Å². The van der Waals surface area contributed by atoms with Crippen LogP contribution in [-0.2, 0) is 0 Å². The number of fused-ring (bicyclic) bond motifs is 5. The molecule has 194 valence electrons. The Labute approximate surface area is 233 Å². The van der Waals surface area contributed by atoms with Crippen LogP contribution in [0.15, 0.2) is 158 Å². The molecule has 1 aliphatic heterocycles. The van der Waals surface area contributed by atoms with Gasteiger partial charge in [0.1, 0.15) is 0 Å². The molecule has 2 heterocycles. The summed E-state index contributed by atoms with van der Waals surface area (Å²) in [6.07, 6.45) is 0. The van der Waals surface area contributed by atoms with E-state index in [9.17, 15) is 0 Å². The van der Waals surface area contributed by atoms with Gasteiger partial charge in [-0.1, -0.05) is 97.1 Å². The Morgan fingerprint density at radius 3 is 1.30 bits per heavy atom. The Hall–Kier alpha value is -5.48. The van der Waals surface area contributed by atoms with Gasteiger partial charge in [0, 0.05) is 33.2 Å². The van der Waals surface area contributed by atoms with E-state index in [2.05, 4.69) is 64.1 Å². The molecule has 0 unspecified atom stereocenters. The molecule has 4 heteroatoms. The summed E-state index contributed by atoms with van der Waals surface area (Å²) in [6.45, 7) is 0. The molecule has 8 rings (SSSR count). The predicted molar refractivity (Wildman–Crippen MR) is 168 cm³/mol. The van der Waals surface area contributed by atoms with Gasteiger partial charge in [-0.15, -0.1) is 0 Å². The fourth-order valence-electron chi connectivity index (χ4n) is 4.59. The third kappa shape index (κ3) is 5.82. The number of aromatic amines is 1. The van der Waals surface area contributed by atoms with Crippen LogP contribution in [0, 0.1) is 0 Å². The van der Waals surface area contributed by atoms with Gasteiger partial charge < -0.3 is 20.4 Å². The highest BCUT2D eigenvalue weighted by atomic mass is 16.5. The van der Waals surface area contributed by atoms with E-state index < -0.39 is 0 Å². The molecule has 0 radical (unpaired) electrons. The molecule has 3 N–H and O–H groups in total. The third-order valence-electron chi connectivity index (χ3n) is 6.51. The summed E-state index contributed by atoms with van der Waals surface area (Å²) in [6, 6.07) is 52.9. The predicted octanol–water partition coefficient (Wildman–Crippen LogP) is 10.3. The van der Waals surface area contributed by atoms with E-state index in [4.69, 9.17) is 4.74 Å². The quantitative estimate of drug-likeness (QED) is 0.213. The van der Waals surface area contributed by atoms with Gasteiger partial charge in [-0.3, -0.25) is 0 Å². The van der Waals surface area contributed by atoms with Gasteiger partial charge in [0.05, 0.1) is 11.4 Å². The molecule has 0 aliphatic carbocycles. The summed E-state index contributed by atoms with van der Waals surface area (Å²) in [7, 11) is 0. The van der Waals surface area contributed by atoms with Crippen LogP contribution in [0.5, 0.6) is 11.5 Å². The van der Waals surface area contributed by atoms with Crippen molar-refractivity contribution in [2.45, 2.75) is 0 Å². The minimum Gasteiger partial charge on any atom is -0.453 e. The van der Waals surface area contributed by atoms with Crippen LogP contribution in [0.2, 0.25) is 0 Å². The molecule has 0 saturated heterocycles. The molecule has 4 nitrogen and oxygen atoms in total. The smallest absolute Gasteiger partial charge is 0.150 e. The van der Waals surface area contributed by atoms with Gasteiger partial charge >= 0.3 is 0 Å². The summed E-state index contributed by atoms with van der Waals surface area (Å²) in [5.41, 5.74) is 6.70. The van der Waals surface area contributed by atoms with Crippen LogP contribution in [0.4, 0.5) is 22.7 Å². The van der Waals surface area contributed by atoms with Gasteiger partial charge in [-0.25, -0.2) is 0 Å². The number of hydrogen-bond acceptors (Lipinski definition) is 3. The van der Waals surface area contributed by atoms with E-state index >= 15 is 0 Å². The maximum Gasteiger partial charge on any atom is 0.150 e. The lowest BCUT2D eigenvalue weighted by atomic mass is 10.2. The first-order valence-electron chi connectivity index (χ1n) is 13.3. The van der Waals surface area contributed by atoms with Gasteiger partial charge in [-0.2, -0.15) is 0 Å². The molecule has 1 aliphatic rings. The standard InChI is InChI=1S/C12H9NO.C12H9N.C12H11N/c1-3-7-11-9(5-1)13-10-6-2-4-8-12(10)14-11;1-3-7-11-9(5-1)10-6-2-4-8-12(10)13-11;1-3-7-11(8-4-1)13-12-9-5-2-6-10-12/h1-8,13H;1-8,13H;1-10,13H. The fraction of sp³-hybridized carbons (Fsp3) is 0. The monoisotopic (exact) mass is 519 g/mol. The number of benzene rings is 6. The third-order valence-corrected chi connectivity index (χ3v) is 6.51. The molecular weight excluding hydrogens is 490 g/mol. The van der Waals surface area contributed by atoms with Crippen molar-refractivity contribution in [2.24, 2.45) is 0 Å². The maximum absolute atomic E-state index is 5.71. The van der Waals surface area contributed by atoms with Crippen LogP contribution >= 0.6 is 0 Å². The summed E-state index contributed by atoms with van der Waals surface area (Å²) in [4.78, 5) is 3.38. The second-order valence-corrected chi connectivity index (χ2v) is 9.29. The van der Waals surface area contributed by atoms with Crippen LogP contribution in [-0.4, -0.2) is 4.98 Å². The van der Waals surface area contributed by atoms with Crippen molar-refractivity contribution in [3.8, 4) is 11.5 Å². The van der Waals surface area contributed by atoms with Gasteiger partial charge in [-0.05, 0) is 60.7 Å². The van der Waals surface area contributed by atoms with E-state index in [1.165, 1.54) is 21.8 Å². The average Bonchev–Trinajstić information content (AvgIpc) is 3.41. The summed E-state index contributed by atoms with van der Waals surface area (Å²) in [5, 5.41) is 9.23. The number of anilines is 4. The number of ether oxygens (including phenoxy) is 1. The highest BCUT2D eigenvalue weighted by Gasteiger charge is 2.14. The van der Waals surface area contributed by atoms with Crippen molar-refractivity contribution in [3.63, 3.8) is 0 Å². The van der Waals surface area contributed by atoms with Crippen molar-refractivity contribution in [2.75, 3.05) is 10.6 Å². The highest BCUT2D eigenvalue weighted by Crippen LogP contribution is 2.41. The molecule has 0 bridgehead atoms. The van der Waals surface area contributed by atoms with Crippen LogP contribution in [0.25, 0.3) is 21.8 Å². The molecular formula is C36H29N3O. The van der Waals surface area contributed by atoms with E-state index in [0.29, 0.717) is 0 Å². The first kappa shape index (κ1) is 24.8. The average molecular weight is 520 g/mol. The maximum atomic E-state index is 5.71. The lowest BCUT2D eigenvalue weighted by molar-refractivity contribution is 0.481. The zero-order valence-corrected chi connectivity index (χ0v) is 21.9. The first-order valence-corrected chi connectivity index (χ1v) is 13.3. The first-order chi connectivity index (χ1) is 19.8. The van der Waals surface area contributed by atoms with Crippen LogP contribution < -0.4 is 15.4 Å². The Morgan fingerprint density at radius 1 is 0.400 bits per heavy atom. The number of nitrogens with one attached hydrogen (secondary N) is 3.